The van der Waals surface area contributed by atoms with Crippen molar-refractivity contribution in [3.63, 3.8) is 0 Å². The predicted octanol–water partition coefficient (Wildman–Crippen LogP) is 1.47. The summed E-state index contributed by atoms with van der Waals surface area (Å²) in [5.74, 6) is 0.997. The summed E-state index contributed by atoms with van der Waals surface area (Å²) in [5.41, 5.74) is 0.969. The average Bonchev–Trinajstić information content (AvgIpc) is 2.15. The SMILES string of the molecule is COc1ccccc1CC(=O)N1CCC1. The van der Waals surface area contributed by atoms with Crippen LogP contribution in [0.25, 0.3) is 0 Å². The molecule has 3 nitrogen and oxygen atoms in total. The molecule has 1 amide bonds. The van der Waals surface area contributed by atoms with Gasteiger partial charge in [-0.15, -0.1) is 0 Å². The molecular weight excluding hydrogens is 190 g/mol. The van der Waals surface area contributed by atoms with Gasteiger partial charge in [-0.3, -0.25) is 4.79 Å². The number of para-hydroxylation sites is 1. The highest BCUT2D eigenvalue weighted by Crippen LogP contribution is 2.19. The van der Waals surface area contributed by atoms with Gasteiger partial charge in [0.1, 0.15) is 5.75 Å². The number of amides is 1. The molecule has 1 fully saturated rings. The molecule has 1 saturated heterocycles. The van der Waals surface area contributed by atoms with Crippen LogP contribution in [-0.2, 0) is 11.2 Å². The smallest absolute Gasteiger partial charge is 0.227 e. The lowest BCUT2D eigenvalue weighted by atomic mass is 10.1. The molecule has 0 aliphatic carbocycles. The van der Waals surface area contributed by atoms with E-state index in [1.807, 2.05) is 29.2 Å². The highest BCUT2D eigenvalue weighted by atomic mass is 16.5. The molecule has 0 atom stereocenters. The lowest BCUT2D eigenvalue weighted by Crippen LogP contribution is -2.42. The third-order valence-corrected chi connectivity index (χ3v) is 2.74. The molecule has 0 spiro atoms. The zero-order chi connectivity index (χ0) is 10.7. The molecule has 0 unspecified atom stereocenters. The van der Waals surface area contributed by atoms with Gasteiger partial charge in [0.05, 0.1) is 13.5 Å². The van der Waals surface area contributed by atoms with Crippen molar-refractivity contribution >= 4 is 5.91 Å². The van der Waals surface area contributed by atoms with Crippen LogP contribution in [-0.4, -0.2) is 31.0 Å². The predicted molar refractivity (Wildman–Crippen MR) is 57.9 cm³/mol. The molecule has 0 radical (unpaired) electrons. The molecule has 2 rings (SSSR count). The maximum atomic E-state index is 11.7. The first-order chi connectivity index (χ1) is 7.31. The Kier molecular flexibility index (Phi) is 2.90. The maximum absolute atomic E-state index is 11.7. The fraction of sp³-hybridized carbons (Fsp3) is 0.417. The van der Waals surface area contributed by atoms with Crippen molar-refractivity contribution in [2.45, 2.75) is 12.8 Å². The summed E-state index contributed by atoms with van der Waals surface area (Å²) in [5, 5.41) is 0. The summed E-state index contributed by atoms with van der Waals surface area (Å²) < 4.78 is 5.21. The van der Waals surface area contributed by atoms with Gasteiger partial charge in [0.2, 0.25) is 5.91 Å². The topological polar surface area (TPSA) is 29.5 Å². The molecule has 1 aliphatic rings. The number of hydrogen-bond acceptors (Lipinski definition) is 2. The highest BCUT2D eigenvalue weighted by molar-refractivity contribution is 5.80. The first-order valence-corrected chi connectivity index (χ1v) is 5.21. The molecule has 1 aliphatic heterocycles. The Morgan fingerprint density at radius 2 is 2.13 bits per heavy atom. The number of ether oxygens (including phenoxy) is 1. The molecule has 15 heavy (non-hydrogen) atoms. The van der Waals surface area contributed by atoms with Gasteiger partial charge in [0, 0.05) is 18.7 Å². The Hall–Kier alpha value is -1.51. The van der Waals surface area contributed by atoms with E-state index < -0.39 is 0 Å². The minimum atomic E-state index is 0.200. The van der Waals surface area contributed by atoms with Crippen LogP contribution >= 0.6 is 0 Å². The summed E-state index contributed by atoms with van der Waals surface area (Å²) in [4.78, 5) is 13.6. The third kappa shape index (κ3) is 2.12. The van der Waals surface area contributed by atoms with Crippen molar-refractivity contribution in [2.75, 3.05) is 20.2 Å². The fourth-order valence-corrected chi connectivity index (χ4v) is 1.69. The van der Waals surface area contributed by atoms with Crippen LogP contribution in [0.2, 0.25) is 0 Å². The van der Waals surface area contributed by atoms with Crippen LogP contribution in [0.3, 0.4) is 0 Å². The summed E-state index contributed by atoms with van der Waals surface area (Å²) in [6.07, 6.45) is 1.58. The van der Waals surface area contributed by atoms with E-state index >= 15 is 0 Å². The summed E-state index contributed by atoms with van der Waals surface area (Å²) >= 11 is 0. The van der Waals surface area contributed by atoms with E-state index in [0.29, 0.717) is 6.42 Å². The quantitative estimate of drug-likeness (QED) is 0.747. The normalized spacial score (nSPS) is 14.6. The second kappa shape index (κ2) is 4.34. The average molecular weight is 205 g/mol. The van der Waals surface area contributed by atoms with E-state index in [0.717, 1.165) is 30.8 Å². The van der Waals surface area contributed by atoms with Crippen LogP contribution in [0.1, 0.15) is 12.0 Å². The van der Waals surface area contributed by atoms with Crippen LogP contribution < -0.4 is 4.74 Å². The standard InChI is InChI=1S/C12H15NO2/c1-15-11-6-3-2-5-10(11)9-12(14)13-7-4-8-13/h2-3,5-6H,4,7-9H2,1H3. The van der Waals surface area contributed by atoms with Crippen LogP contribution in [0, 0.1) is 0 Å². The molecule has 0 bridgehead atoms. The van der Waals surface area contributed by atoms with Gasteiger partial charge < -0.3 is 9.64 Å². The van der Waals surface area contributed by atoms with Crippen LogP contribution in [0.15, 0.2) is 24.3 Å². The molecule has 0 N–H and O–H groups in total. The Balaban J connectivity index is 2.05. The van der Waals surface area contributed by atoms with Crippen molar-refractivity contribution in [2.24, 2.45) is 0 Å². The zero-order valence-corrected chi connectivity index (χ0v) is 8.90. The van der Waals surface area contributed by atoms with E-state index in [1.54, 1.807) is 7.11 Å². The second-order valence-electron chi connectivity index (χ2n) is 3.72. The molecule has 1 heterocycles. The van der Waals surface area contributed by atoms with Crippen LogP contribution in [0.5, 0.6) is 5.75 Å². The largest absolute Gasteiger partial charge is 0.496 e. The number of hydrogen-bond donors (Lipinski definition) is 0. The molecule has 80 valence electrons. The van der Waals surface area contributed by atoms with Gasteiger partial charge in [-0.25, -0.2) is 0 Å². The number of nitrogens with zero attached hydrogens (tertiary/aromatic N) is 1. The molecule has 0 saturated carbocycles. The molecule has 1 aromatic rings. The van der Waals surface area contributed by atoms with E-state index in [9.17, 15) is 4.79 Å². The monoisotopic (exact) mass is 205 g/mol. The summed E-state index contributed by atoms with van der Waals surface area (Å²) in [6.45, 7) is 1.82. The number of carbonyl (C=O) groups is 1. The number of benzene rings is 1. The molecule has 3 heteroatoms. The van der Waals surface area contributed by atoms with Crippen molar-refractivity contribution < 1.29 is 9.53 Å². The number of rotatable bonds is 3. The molecule has 0 aromatic heterocycles. The summed E-state index contributed by atoms with van der Waals surface area (Å²) in [7, 11) is 1.63. The second-order valence-corrected chi connectivity index (χ2v) is 3.72. The van der Waals surface area contributed by atoms with Gasteiger partial charge in [-0.2, -0.15) is 0 Å². The van der Waals surface area contributed by atoms with Gasteiger partial charge in [0.25, 0.3) is 0 Å². The van der Waals surface area contributed by atoms with Gasteiger partial charge in [-0.1, -0.05) is 18.2 Å². The van der Waals surface area contributed by atoms with Gasteiger partial charge in [-0.05, 0) is 12.5 Å². The Morgan fingerprint density at radius 1 is 1.40 bits per heavy atom. The zero-order valence-electron chi connectivity index (χ0n) is 8.90. The van der Waals surface area contributed by atoms with Crippen molar-refractivity contribution in [1.82, 2.24) is 4.90 Å². The fourth-order valence-electron chi connectivity index (χ4n) is 1.69. The Labute approximate surface area is 89.7 Å². The highest BCUT2D eigenvalue weighted by Gasteiger charge is 2.20. The first-order valence-electron chi connectivity index (χ1n) is 5.21. The Morgan fingerprint density at radius 3 is 2.73 bits per heavy atom. The van der Waals surface area contributed by atoms with Gasteiger partial charge >= 0.3 is 0 Å². The van der Waals surface area contributed by atoms with E-state index in [2.05, 4.69) is 0 Å². The van der Waals surface area contributed by atoms with E-state index in [-0.39, 0.29) is 5.91 Å². The first kappa shape index (κ1) is 10.0. The lowest BCUT2D eigenvalue weighted by molar-refractivity contribution is -0.133. The van der Waals surface area contributed by atoms with Crippen molar-refractivity contribution in [3.05, 3.63) is 29.8 Å². The molecule has 1 aromatic carbocycles. The van der Waals surface area contributed by atoms with Crippen LogP contribution in [0.4, 0.5) is 0 Å². The van der Waals surface area contributed by atoms with E-state index in [1.165, 1.54) is 0 Å². The number of methoxy groups -OCH3 is 1. The van der Waals surface area contributed by atoms with Crippen molar-refractivity contribution in [3.8, 4) is 5.75 Å². The third-order valence-electron chi connectivity index (χ3n) is 2.74. The minimum absolute atomic E-state index is 0.200. The Bertz CT molecular complexity index is 358. The molecular formula is C12H15NO2. The lowest BCUT2D eigenvalue weighted by Gasteiger charge is -2.31. The number of carbonyl (C=O) groups excluding carboxylic acids is 1. The van der Waals surface area contributed by atoms with Crippen molar-refractivity contribution in [1.29, 1.82) is 0 Å². The summed E-state index contributed by atoms with van der Waals surface area (Å²) in [6, 6.07) is 7.67. The minimum Gasteiger partial charge on any atom is -0.496 e. The maximum Gasteiger partial charge on any atom is 0.227 e. The number of likely N-dealkylation sites (tertiary alicyclic amines) is 1. The van der Waals surface area contributed by atoms with E-state index in [4.69, 9.17) is 4.74 Å². The van der Waals surface area contributed by atoms with Gasteiger partial charge in [0.15, 0.2) is 0 Å².